The molecule has 0 N–H and O–H groups in total. The normalized spacial score (nSPS) is 10.4. The summed E-state index contributed by atoms with van der Waals surface area (Å²) in [6.45, 7) is 0. The zero-order valence-electron chi connectivity index (χ0n) is 11.6. The third-order valence-electron chi connectivity index (χ3n) is 3.32. The predicted molar refractivity (Wildman–Crippen MR) is 79.1 cm³/mol. The summed E-state index contributed by atoms with van der Waals surface area (Å²) in [6, 6.07) is 12.5. The minimum atomic E-state index is -0.583. The summed E-state index contributed by atoms with van der Waals surface area (Å²) in [7, 11) is 1.55. The van der Waals surface area contributed by atoms with Crippen LogP contribution in [-0.2, 0) is 0 Å². The molecule has 0 unspecified atom stereocenters. The van der Waals surface area contributed by atoms with Gasteiger partial charge in [0.25, 0.3) is 0 Å². The van der Waals surface area contributed by atoms with Crippen LogP contribution in [0.2, 0.25) is 0 Å². The van der Waals surface area contributed by atoms with Gasteiger partial charge in [-0.05, 0) is 35.9 Å². The van der Waals surface area contributed by atoms with E-state index >= 15 is 0 Å². The van der Waals surface area contributed by atoms with Crippen LogP contribution in [0.25, 0.3) is 22.1 Å². The molecule has 0 atom stereocenters. The fourth-order valence-electron chi connectivity index (χ4n) is 2.25. The average Bonchev–Trinajstić information content (AvgIpc) is 2.54. The SMILES string of the molecule is COc1ccc(-c2cc3cc(F)cc(C#N)c3oc2=O)cc1. The highest BCUT2D eigenvalue weighted by molar-refractivity contribution is 5.85. The van der Waals surface area contributed by atoms with Crippen LogP contribution in [0, 0.1) is 17.1 Å². The van der Waals surface area contributed by atoms with Gasteiger partial charge in [-0.1, -0.05) is 12.1 Å². The topological polar surface area (TPSA) is 63.2 Å². The molecule has 5 heteroatoms. The third kappa shape index (κ3) is 2.31. The van der Waals surface area contributed by atoms with E-state index in [1.165, 1.54) is 12.1 Å². The summed E-state index contributed by atoms with van der Waals surface area (Å²) >= 11 is 0. The fraction of sp³-hybridized carbons (Fsp3) is 0.0588. The van der Waals surface area contributed by atoms with Crippen LogP contribution in [0.3, 0.4) is 0 Å². The van der Waals surface area contributed by atoms with Gasteiger partial charge in [-0.3, -0.25) is 0 Å². The van der Waals surface area contributed by atoms with Crippen molar-refractivity contribution in [2.45, 2.75) is 0 Å². The molecule has 0 radical (unpaired) electrons. The Balaban J connectivity index is 2.25. The average molecular weight is 295 g/mol. The lowest BCUT2D eigenvalue weighted by molar-refractivity contribution is 0.415. The lowest BCUT2D eigenvalue weighted by Crippen LogP contribution is -2.03. The summed E-state index contributed by atoms with van der Waals surface area (Å²) in [5, 5.41) is 9.37. The van der Waals surface area contributed by atoms with E-state index < -0.39 is 11.4 Å². The fourth-order valence-corrected chi connectivity index (χ4v) is 2.25. The number of rotatable bonds is 2. The van der Waals surface area contributed by atoms with Gasteiger partial charge in [-0.25, -0.2) is 9.18 Å². The maximum atomic E-state index is 13.5. The Morgan fingerprint density at radius 2 is 1.91 bits per heavy atom. The predicted octanol–water partition coefficient (Wildman–Crippen LogP) is 3.48. The van der Waals surface area contributed by atoms with E-state index in [1.54, 1.807) is 31.4 Å². The van der Waals surface area contributed by atoms with Crippen LogP contribution in [0.4, 0.5) is 4.39 Å². The maximum Gasteiger partial charge on any atom is 0.344 e. The lowest BCUT2D eigenvalue weighted by Gasteiger charge is -2.05. The van der Waals surface area contributed by atoms with Crippen LogP contribution >= 0.6 is 0 Å². The van der Waals surface area contributed by atoms with Crippen molar-refractivity contribution < 1.29 is 13.5 Å². The van der Waals surface area contributed by atoms with E-state index in [9.17, 15) is 9.18 Å². The van der Waals surface area contributed by atoms with Gasteiger partial charge in [0.05, 0.1) is 18.2 Å². The van der Waals surface area contributed by atoms with Crippen molar-refractivity contribution in [3.05, 3.63) is 64.3 Å². The van der Waals surface area contributed by atoms with Gasteiger partial charge in [-0.2, -0.15) is 5.26 Å². The molecule has 2 aromatic carbocycles. The van der Waals surface area contributed by atoms with E-state index in [1.807, 2.05) is 6.07 Å². The highest BCUT2D eigenvalue weighted by Crippen LogP contribution is 2.25. The molecule has 0 aliphatic carbocycles. The molecule has 0 spiro atoms. The van der Waals surface area contributed by atoms with Crippen molar-refractivity contribution in [3.8, 4) is 22.9 Å². The molecule has 108 valence electrons. The lowest BCUT2D eigenvalue weighted by atomic mass is 10.0. The number of ether oxygens (including phenoxy) is 1. The molecular weight excluding hydrogens is 285 g/mol. The smallest absolute Gasteiger partial charge is 0.344 e. The molecule has 1 heterocycles. The van der Waals surface area contributed by atoms with Crippen molar-refractivity contribution in [2.24, 2.45) is 0 Å². The van der Waals surface area contributed by atoms with E-state index in [2.05, 4.69) is 0 Å². The maximum absolute atomic E-state index is 13.5. The van der Waals surface area contributed by atoms with Crippen molar-refractivity contribution in [1.82, 2.24) is 0 Å². The summed E-state index contributed by atoms with van der Waals surface area (Å²) in [5.74, 6) is 0.102. The highest BCUT2D eigenvalue weighted by Gasteiger charge is 2.12. The first-order valence-electron chi connectivity index (χ1n) is 6.44. The number of benzene rings is 2. The van der Waals surface area contributed by atoms with E-state index in [0.29, 0.717) is 22.3 Å². The summed E-state index contributed by atoms with van der Waals surface area (Å²) < 4.78 is 23.8. The van der Waals surface area contributed by atoms with Crippen molar-refractivity contribution in [1.29, 1.82) is 5.26 Å². The Morgan fingerprint density at radius 1 is 1.18 bits per heavy atom. The summed E-state index contributed by atoms with van der Waals surface area (Å²) in [5.41, 5.74) is 0.421. The molecular formula is C17H10FNO3. The molecule has 0 fully saturated rings. The number of nitriles is 1. The Bertz CT molecular complexity index is 953. The van der Waals surface area contributed by atoms with Crippen molar-refractivity contribution in [2.75, 3.05) is 7.11 Å². The second kappa shape index (κ2) is 5.34. The van der Waals surface area contributed by atoms with Crippen LogP contribution in [0.1, 0.15) is 5.56 Å². The standard InChI is InChI=1S/C17H10FNO3/c1-21-14-4-2-10(3-5-14)15-8-11-6-13(18)7-12(9-19)16(11)22-17(15)20/h2-8H,1H3. The Morgan fingerprint density at radius 3 is 2.55 bits per heavy atom. The van der Waals surface area contributed by atoms with Gasteiger partial charge in [0, 0.05) is 5.39 Å². The van der Waals surface area contributed by atoms with E-state index in [0.717, 1.165) is 6.07 Å². The summed E-state index contributed by atoms with van der Waals surface area (Å²) in [6.07, 6.45) is 0. The molecule has 4 nitrogen and oxygen atoms in total. The molecule has 0 aliphatic rings. The number of halogens is 1. The molecule has 0 bridgehead atoms. The molecule has 3 rings (SSSR count). The van der Waals surface area contributed by atoms with Gasteiger partial charge in [-0.15, -0.1) is 0 Å². The first-order chi connectivity index (χ1) is 10.6. The zero-order chi connectivity index (χ0) is 15.7. The van der Waals surface area contributed by atoms with Gasteiger partial charge in [0.15, 0.2) is 5.58 Å². The first kappa shape index (κ1) is 13.8. The summed E-state index contributed by atoms with van der Waals surface area (Å²) in [4.78, 5) is 12.1. The molecule has 0 saturated carbocycles. The Hall–Kier alpha value is -3.13. The second-order valence-electron chi connectivity index (χ2n) is 4.66. The Labute approximate surface area is 125 Å². The molecule has 1 aromatic heterocycles. The third-order valence-corrected chi connectivity index (χ3v) is 3.32. The van der Waals surface area contributed by atoms with Crippen LogP contribution < -0.4 is 10.4 Å². The van der Waals surface area contributed by atoms with E-state index in [4.69, 9.17) is 14.4 Å². The number of hydrogen-bond acceptors (Lipinski definition) is 4. The van der Waals surface area contributed by atoms with Gasteiger partial charge in [0.2, 0.25) is 0 Å². The molecule has 0 aliphatic heterocycles. The number of fused-ring (bicyclic) bond motifs is 1. The second-order valence-corrected chi connectivity index (χ2v) is 4.66. The molecule has 3 aromatic rings. The molecule has 22 heavy (non-hydrogen) atoms. The monoisotopic (exact) mass is 295 g/mol. The van der Waals surface area contributed by atoms with Crippen molar-refractivity contribution in [3.63, 3.8) is 0 Å². The van der Waals surface area contributed by atoms with Crippen LogP contribution in [-0.4, -0.2) is 7.11 Å². The highest BCUT2D eigenvalue weighted by atomic mass is 19.1. The first-order valence-corrected chi connectivity index (χ1v) is 6.44. The minimum Gasteiger partial charge on any atom is -0.497 e. The van der Waals surface area contributed by atoms with Crippen molar-refractivity contribution >= 4 is 11.0 Å². The van der Waals surface area contributed by atoms with Crippen LogP contribution in [0.5, 0.6) is 5.75 Å². The quantitative estimate of drug-likeness (QED) is 0.679. The van der Waals surface area contributed by atoms with E-state index in [-0.39, 0.29) is 11.1 Å². The minimum absolute atomic E-state index is 0.00613. The number of nitrogens with zero attached hydrogens (tertiary/aromatic N) is 1. The van der Waals surface area contributed by atoms with Crippen LogP contribution in [0.15, 0.2) is 51.7 Å². The zero-order valence-corrected chi connectivity index (χ0v) is 11.6. The van der Waals surface area contributed by atoms with Gasteiger partial charge < -0.3 is 9.15 Å². The number of methoxy groups -OCH3 is 1. The molecule has 0 saturated heterocycles. The van der Waals surface area contributed by atoms with Gasteiger partial charge >= 0.3 is 5.63 Å². The van der Waals surface area contributed by atoms with Gasteiger partial charge in [0.1, 0.15) is 17.6 Å². The number of hydrogen-bond donors (Lipinski definition) is 0. The Kier molecular flexibility index (Phi) is 3.36. The molecule has 0 amide bonds. The largest absolute Gasteiger partial charge is 0.497 e.